The zero-order valence-electron chi connectivity index (χ0n) is 15.8. The highest BCUT2D eigenvalue weighted by Crippen LogP contribution is 2.21. The predicted molar refractivity (Wildman–Crippen MR) is 107 cm³/mol. The van der Waals surface area contributed by atoms with Crippen LogP contribution < -0.4 is 10.2 Å². The lowest BCUT2D eigenvalue weighted by atomic mass is 10.2. The molecular formula is C19H25N5O2S. The number of carbonyl (C=O) groups excluding carboxylic acids is 2. The SMILES string of the molecule is Cc1nc(NC(=O)CCCC(=O)N2CCN(c3ccccn3)CC2)sc1C. The molecule has 0 bridgehead atoms. The maximum atomic E-state index is 12.4. The Kier molecular flexibility index (Phi) is 6.39. The number of piperazine rings is 1. The van der Waals surface area contributed by atoms with Gasteiger partial charge in [0.2, 0.25) is 11.8 Å². The fourth-order valence-corrected chi connectivity index (χ4v) is 3.82. The molecule has 0 atom stereocenters. The largest absolute Gasteiger partial charge is 0.353 e. The first kappa shape index (κ1) is 19.3. The number of thiazole rings is 1. The molecule has 1 saturated heterocycles. The highest BCUT2D eigenvalue weighted by molar-refractivity contribution is 7.15. The number of rotatable bonds is 6. The number of anilines is 2. The van der Waals surface area contributed by atoms with Gasteiger partial charge >= 0.3 is 0 Å². The van der Waals surface area contributed by atoms with Crippen LogP contribution in [0.3, 0.4) is 0 Å². The molecule has 27 heavy (non-hydrogen) atoms. The van der Waals surface area contributed by atoms with Crippen molar-refractivity contribution in [2.45, 2.75) is 33.1 Å². The molecule has 3 rings (SSSR count). The maximum absolute atomic E-state index is 12.4. The van der Waals surface area contributed by atoms with Gasteiger partial charge in [0.15, 0.2) is 5.13 Å². The van der Waals surface area contributed by atoms with E-state index in [9.17, 15) is 9.59 Å². The molecule has 0 aromatic carbocycles. The monoisotopic (exact) mass is 387 g/mol. The molecule has 8 heteroatoms. The third kappa shape index (κ3) is 5.26. The molecule has 1 N–H and O–H groups in total. The normalized spacial score (nSPS) is 14.3. The van der Waals surface area contributed by atoms with E-state index < -0.39 is 0 Å². The molecular weight excluding hydrogens is 362 g/mol. The Bertz CT molecular complexity index is 765. The average molecular weight is 388 g/mol. The number of pyridine rings is 1. The summed E-state index contributed by atoms with van der Waals surface area (Å²) in [4.78, 5) is 38.2. The summed E-state index contributed by atoms with van der Waals surface area (Å²) in [6.45, 7) is 6.86. The van der Waals surface area contributed by atoms with Gasteiger partial charge in [-0.3, -0.25) is 9.59 Å². The Balaban J connectivity index is 1.36. The standard InChI is InChI=1S/C19H25N5O2S/c1-14-15(2)27-19(21-14)22-17(25)7-5-8-18(26)24-12-10-23(11-13-24)16-6-3-4-9-20-16/h3-4,6,9H,5,7-8,10-13H2,1-2H3,(H,21,22,25). The fourth-order valence-electron chi connectivity index (χ4n) is 2.99. The van der Waals surface area contributed by atoms with Crippen LogP contribution in [-0.4, -0.2) is 52.9 Å². The summed E-state index contributed by atoms with van der Waals surface area (Å²) < 4.78 is 0. The average Bonchev–Trinajstić information content (AvgIpc) is 2.99. The second-order valence-corrected chi connectivity index (χ2v) is 7.82. The number of nitrogens with one attached hydrogen (secondary N) is 1. The van der Waals surface area contributed by atoms with Crippen LogP contribution in [0.15, 0.2) is 24.4 Å². The number of nitrogens with zero attached hydrogens (tertiary/aromatic N) is 4. The summed E-state index contributed by atoms with van der Waals surface area (Å²) in [7, 11) is 0. The first-order valence-corrected chi connectivity index (χ1v) is 10.0. The first-order chi connectivity index (χ1) is 13.0. The molecule has 0 radical (unpaired) electrons. The van der Waals surface area contributed by atoms with Gasteiger partial charge in [0.05, 0.1) is 5.69 Å². The van der Waals surface area contributed by atoms with Crippen LogP contribution in [0.4, 0.5) is 10.9 Å². The fraction of sp³-hybridized carbons (Fsp3) is 0.474. The molecule has 0 saturated carbocycles. The zero-order valence-corrected chi connectivity index (χ0v) is 16.6. The molecule has 1 aliphatic rings. The van der Waals surface area contributed by atoms with Gasteiger partial charge < -0.3 is 15.1 Å². The minimum absolute atomic E-state index is 0.0866. The van der Waals surface area contributed by atoms with Crippen LogP contribution in [0.5, 0.6) is 0 Å². The lowest BCUT2D eigenvalue weighted by Gasteiger charge is -2.35. The van der Waals surface area contributed by atoms with E-state index in [2.05, 4.69) is 20.2 Å². The van der Waals surface area contributed by atoms with Gasteiger partial charge in [0, 0.05) is 50.1 Å². The van der Waals surface area contributed by atoms with Gasteiger partial charge in [0.25, 0.3) is 0 Å². The van der Waals surface area contributed by atoms with Crippen molar-refractivity contribution in [3.8, 4) is 0 Å². The number of amides is 2. The molecule has 7 nitrogen and oxygen atoms in total. The number of carbonyl (C=O) groups is 2. The van der Waals surface area contributed by atoms with E-state index in [0.29, 0.717) is 37.5 Å². The number of aromatic nitrogens is 2. The summed E-state index contributed by atoms with van der Waals surface area (Å²) in [5, 5.41) is 3.44. The molecule has 0 spiro atoms. The van der Waals surface area contributed by atoms with Crippen molar-refractivity contribution >= 4 is 34.1 Å². The van der Waals surface area contributed by atoms with E-state index in [1.54, 1.807) is 6.20 Å². The van der Waals surface area contributed by atoms with E-state index in [1.165, 1.54) is 11.3 Å². The molecule has 2 aromatic heterocycles. The number of hydrogen-bond acceptors (Lipinski definition) is 6. The van der Waals surface area contributed by atoms with E-state index in [4.69, 9.17) is 0 Å². The van der Waals surface area contributed by atoms with Gasteiger partial charge in [-0.2, -0.15) is 0 Å². The van der Waals surface area contributed by atoms with Crippen molar-refractivity contribution in [1.29, 1.82) is 0 Å². The maximum Gasteiger partial charge on any atom is 0.226 e. The van der Waals surface area contributed by atoms with Crippen LogP contribution in [0.1, 0.15) is 29.8 Å². The highest BCUT2D eigenvalue weighted by atomic mass is 32.1. The Morgan fingerprint density at radius 1 is 1.15 bits per heavy atom. The Morgan fingerprint density at radius 2 is 1.93 bits per heavy atom. The molecule has 1 aliphatic heterocycles. The topological polar surface area (TPSA) is 78.4 Å². The van der Waals surface area contributed by atoms with Gasteiger partial charge in [-0.1, -0.05) is 6.07 Å². The molecule has 144 valence electrons. The number of aryl methyl sites for hydroxylation is 2. The Labute approximate surface area is 163 Å². The lowest BCUT2D eigenvalue weighted by molar-refractivity contribution is -0.131. The predicted octanol–water partition coefficient (Wildman–Crippen LogP) is 2.61. The third-order valence-corrected chi connectivity index (χ3v) is 5.66. The van der Waals surface area contributed by atoms with E-state index in [-0.39, 0.29) is 11.8 Å². The van der Waals surface area contributed by atoms with Crippen LogP contribution >= 0.6 is 11.3 Å². The molecule has 2 aromatic rings. The summed E-state index contributed by atoms with van der Waals surface area (Å²) >= 11 is 1.48. The summed E-state index contributed by atoms with van der Waals surface area (Å²) in [6, 6.07) is 5.86. The van der Waals surface area contributed by atoms with Gasteiger partial charge in [0.1, 0.15) is 5.82 Å². The molecule has 3 heterocycles. The highest BCUT2D eigenvalue weighted by Gasteiger charge is 2.21. The van der Waals surface area contributed by atoms with Gasteiger partial charge in [-0.15, -0.1) is 11.3 Å². The van der Waals surface area contributed by atoms with E-state index >= 15 is 0 Å². The lowest BCUT2D eigenvalue weighted by Crippen LogP contribution is -2.49. The van der Waals surface area contributed by atoms with Crippen LogP contribution in [-0.2, 0) is 9.59 Å². The van der Waals surface area contributed by atoms with E-state index in [0.717, 1.165) is 29.5 Å². The quantitative estimate of drug-likeness (QED) is 0.824. The summed E-state index contributed by atoms with van der Waals surface area (Å²) in [5.41, 5.74) is 0.940. The minimum atomic E-state index is -0.0866. The summed E-state index contributed by atoms with van der Waals surface area (Å²) in [5.74, 6) is 0.981. The summed E-state index contributed by atoms with van der Waals surface area (Å²) in [6.07, 6.45) is 3.06. The smallest absolute Gasteiger partial charge is 0.226 e. The van der Waals surface area contributed by atoms with Gasteiger partial charge in [-0.25, -0.2) is 9.97 Å². The van der Waals surface area contributed by atoms with Crippen LogP contribution in [0.2, 0.25) is 0 Å². The Morgan fingerprint density at radius 3 is 2.56 bits per heavy atom. The zero-order chi connectivity index (χ0) is 19.2. The number of hydrogen-bond donors (Lipinski definition) is 1. The van der Waals surface area contributed by atoms with Crippen LogP contribution in [0.25, 0.3) is 0 Å². The van der Waals surface area contributed by atoms with Crippen molar-refractivity contribution in [3.63, 3.8) is 0 Å². The van der Waals surface area contributed by atoms with Crippen molar-refractivity contribution in [1.82, 2.24) is 14.9 Å². The molecule has 0 unspecified atom stereocenters. The van der Waals surface area contributed by atoms with Gasteiger partial charge in [-0.05, 0) is 32.4 Å². The molecule has 0 aliphatic carbocycles. The third-order valence-electron chi connectivity index (χ3n) is 4.68. The second kappa shape index (κ2) is 8.94. The van der Waals surface area contributed by atoms with Crippen molar-refractivity contribution in [2.24, 2.45) is 0 Å². The van der Waals surface area contributed by atoms with Crippen LogP contribution in [0, 0.1) is 13.8 Å². The second-order valence-electron chi connectivity index (χ2n) is 6.62. The first-order valence-electron chi connectivity index (χ1n) is 9.20. The minimum Gasteiger partial charge on any atom is -0.353 e. The van der Waals surface area contributed by atoms with Crippen molar-refractivity contribution in [2.75, 3.05) is 36.4 Å². The van der Waals surface area contributed by atoms with Crippen molar-refractivity contribution < 1.29 is 9.59 Å². The Hall–Kier alpha value is -2.48. The molecule has 2 amide bonds. The van der Waals surface area contributed by atoms with E-state index in [1.807, 2.05) is 36.9 Å². The van der Waals surface area contributed by atoms with Crippen molar-refractivity contribution in [3.05, 3.63) is 35.0 Å². The molecule has 1 fully saturated rings.